The third-order valence-corrected chi connectivity index (χ3v) is 6.59. The summed E-state index contributed by atoms with van der Waals surface area (Å²) in [5, 5.41) is 14.3. The number of nitrogens with zero attached hydrogens (tertiary/aromatic N) is 1. The molecule has 0 bridgehead atoms. The SMILES string of the molecule is COC[C@H](NC(=O)C(Cc1cncs1)NC(=O)OCC1c2ccccc2-c2ccccc21)C(=O)O. The van der Waals surface area contributed by atoms with Gasteiger partial charge >= 0.3 is 12.1 Å². The number of carboxylic acid groups (broad SMARTS) is 1. The standard InChI is InChI=1S/C25H25N3O6S/c1-33-13-22(24(30)31)27-23(29)21(10-15-11-26-14-35-15)28-25(32)34-12-20-18-8-4-2-6-16(18)17-7-3-5-9-19(17)20/h2-9,11,14,20-22H,10,12-13H2,1H3,(H,27,29)(H,28,32)(H,30,31)/t21?,22-/m0/s1. The van der Waals surface area contributed by atoms with Crippen LogP contribution in [0.2, 0.25) is 0 Å². The molecule has 1 unspecified atom stereocenters. The Hall–Kier alpha value is -3.76. The Balaban J connectivity index is 1.44. The van der Waals surface area contributed by atoms with Crippen LogP contribution in [0.25, 0.3) is 11.1 Å². The van der Waals surface area contributed by atoms with Crippen molar-refractivity contribution in [2.24, 2.45) is 0 Å². The number of amides is 2. The minimum Gasteiger partial charge on any atom is -0.480 e. The van der Waals surface area contributed by atoms with E-state index in [-0.39, 0.29) is 25.6 Å². The van der Waals surface area contributed by atoms with E-state index in [0.29, 0.717) is 0 Å². The third kappa shape index (κ3) is 5.67. The number of fused-ring (bicyclic) bond motifs is 3. The summed E-state index contributed by atoms with van der Waals surface area (Å²) >= 11 is 1.33. The van der Waals surface area contributed by atoms with Gasteiger partial charge in [0, 0.05) is 30.5 Å². The summed E-state index contributed by atoms with van der Waals surface area (Å²) < 4.78 is 10.4. The monoisotopic (exact) mass is 495 g/mol. The van der Waals surface area contributed by atoms with Gasteiger partial charge in [0.1, 0.15) is 12.6 Å². The number of ether oxygens (including phenoxy) is 2. The lowest BCUT2D eigenvalue weighted by Gasteiger charge is -2.21. The fourth-order valence-electron chi connectivity index (χ4n) is 4.15. The molecule has 0 radical (unpaired) electrons. The Kier molecular flexibility index (Phi) is 7.74. The number of alkyl carbamates (subject to hydrolysis) is 1. The maximum atomic E-state index is 12.9. The van der Waals surface area contributed by atoms with Crippen LogP contribution in [0.3, 0.4) is 0 Å². The summed E-state index contributed by atoms with van der Waals surface area (Å²) in [4.78, 5) is 41.8. The normalized spacial score (nSPS) is 13.9. The fraction of sp³-hybridized carbons (Fsp3) is 0.280. The van der Waals surface area contributed by atoms with E-state index in [9.17, 15) is 19.5 Å². The Bertz CT molecular complexity index is 1150. The molecule has 0 spiro atoms. The van der Waals surface area contributed by atoms with Crippen molar-refractivity contribution in [3.05, 3.63) is 76.2 Å². The molecule has 1 heterocycles. The number of carbonyl (C=O) groups is 3. The largest absolute Gasteiger partial charge is 0.480 e. The number of thiazole rings is 1. The molecule has 2 aromatic carbocycles. The highest BCUT2D eigenvalue weighted by Crippen LogP contribution is 2.44. The minimum atomic E-state index is -1.25. The molecule has 1 aliphatic carbocycles. The lowest BCUT2D eigenvalue weighted by molar-refractivity contribution is -0.143. The van der Waals surface area contributed by atoms with Crippen molar-refractivity contribution >= 4 is 29.3 Å². The number of benzene rings is 2. The average molecular weight is 496 g/mol. The first-order valence-electron chi connectivity index (χ1n) is 11.0. The van der Waals surface area contributed by atoms with Gasteiger partial charge in [-0.25, -0.2) is 9.59 Å². The predicted octanol–water partition coefficient (Wildman–Crippen LogP) is 2.81. The lowest BCUT2D eigenvalue weighted by atomic mass is 9.98. The van der Waals surface area contributed by atoms with Crippen LogP contribution in [0.1, 0.15) is 21.9 Å². The number of carboxylic acids is 1. The van der Waals surface area contributed by atoms with Gasteiger partial charge in [0.25, 0.3) is 0 Å². The Labute approximate surface area is 206 Å². The van der Waals surface area contributed by atoms with Crippen molar-refractivity contribution in [2.75, 3.05) is 20.3 Å². The number of rotatable bonds is 10. The second-order valence-electron chi connectivity index (χ2n) is 8.05. The molecule has 0 fully saturated rings. The van der Waals surface area contributed by atoms with Crippen molar-refractivity contribution in [2.45, 2.75) is 24.4 Å². The van der Waals surface area contributed by atoms with E-state index in [4.69, 9.17) is 9.47 Å². The van der Waals surface area contributed by atoms with Crippen molar-refractivity contribution in [1.82, 2.24) is 15.6 Å². The van der Waals surface area contributed by atoms with Gasteiger partial charge in [-0.15, -0.1) is 11.3 Å². The molecule has 0 saturated carbocycles. The summed E-state index contributed by atoms with van der Waals surface area (Å²) in [6.45, 7) is -0.116. The molecule has 1 aromatic heterocycles. The van der Waals surface area contributed by atoms with Gasteiger partial charge in [0.2, 0.25) is 5.91 Å². The molecule has 10 heteroatoms. The van der Waals surface area contributed by atoms with Crippen LogP contribution in [0.5, 0.6) is 0 Å². The number of carbonyl (C=O) groups excluding carboxylic acids is 2. The van der Waals surface area contributed by atoms with Gasteiger partial charge in [0.05, 0.1) is 12.1 Å². The van der Waals surface area contributed by atoms with Crippen molar-refractivity contribution in [3.63, 3.8) is 0 Å². The second kappa shape index (κ2) is 11.1. The summed E-state index contributed by atoms with van der Waals surface area (Å²) in [6.07, 6.45) is 0.962. The number of hydrogen-bond donors (Lipinski definition) is 3. The van der Waals surface area contributed by atoms with Gasteiger partial charge in [-0.1, -0.05) is 48.5 Å². The second-order valence-corrected chi connectivity index (χ2v) is 9.02. The molecule has 3 N–H and O–H groups in total. The highest BCUT2D eigenvalue weighted by atomic mass is 32.1. The molecule has 1 aliphatic rings. The molecule has 2 atom stereocenters. The van der Waals surface area contributed by atoms with Crippen LogP contribution < -0.4 is 10.6 Å². The molecule has 0 saturated heterocycles. The highest BCUT2D eigenvalue weighted by molar-refractivity contribution is 7.09. The lowest BCUT2D eigenvalue weighted by Crippen LogP contribution is -2.53. The van der Waals surface area contributed by atoms with Crippen LogP contribution in [-0.2, 0) is 25.5 Å². The first-order chi connectivity index (χ1) is 17.0. The molecular weight excluding hydrogens is 470 g/mol. The van der Waals surface area contributed by atoms with Crippen molar-refractivity contribution < 1.29 is 29.0 Å². The van der Waals surface area contributed by atoms with Crippen LogP contribution in [-0.4, -0.2) is 60.5 Å². The summed E-state index contributed by atoms with van der Waals surface area (Å²) in [7, 11) is 1.34. The minimum absolute atomic E-state index is 0.0934. The fourth-order valence-corrected chi connectivity index (χ4v) is 4.79. The zero-order chi connectivity index (χ0) is 24.8. The number of hydrogen-bond acceptors (Lipinski definition) is 7. The van der Waals surface area contributed by atoms with Crippen LogP contribution in [0.4, 0.5) is 4.79 Å². The predicted molar refractivity (Wildman–Crippen MR) is 129 cm³/mol. The Morgan fingerprint density at radius 3 is 2.26 bits per heavy atom. The van der Waals surface area contributed by atoms with E-state index in [1.54, 1.807) is 11.7 Å². The topological polar surface area (TPSA) is 127 Å². The zero-order valence-corrected chi connectivity index (χ0v) is 19.8. The number of methoxy groups -OCH3 is 1. The van der Waals surface area contributed by atoms with Gasteiger partial charge in [-0.3, -0.25) is 9.78 Å². The van der Waals surface area contributed by atoms with E-state index in [1.807, 2.05) is 48.5 Å². The van der Waals surface area contributed by atoms with Gasteiger partial charge in [-0.2, -0.15) is 0 Å². The maximum Gasteiger partial charge on any atom is 0.407 e. The number of nitrogens with one attached hydrogen (secondary N) is 2. The van der Waals surface area contributed by atoms with E-state index in [1.165, 1.54) is 18.4 Å². The van der Waals surface area contributed by atoms with E-state index >= 15 is 0 Å². The molecule has 35 heavy (non-hydrogen) atoms. The van der Waals surface area contributed by atoms with E-state index < -0.39 is 30.1 Å². The first kappa shape index (κ1) is 24.4. The summed E-state index contributed by atoms with van der Waals surface area (Å²) in [5.41, 5.74) is 5.98. The molecular formula is C25H25N3O6S. The molecule has 9 nitrogen and oxygen atoms in total. The molecule has 4 rings (SSSR count). The Morgan fingerprint density at radius 1 is 1.03 bits per heavy atom. The maximum absolute atomic E-state index is 12.9. The van der Waals surface area contributed by atoms with Crippen LogP contribution in [0.15, 0.2) is 60.2 Å². The van der Waals surface area contributed by atoms with Crippen molar-refractivity contribution in [1.29, 1.82) is 0 Å². The van der Waals surface area contributed by atoms with Gasteiger partial charge in [-0.05, 0) is 22.3 Å². The molecule has 3 aromatic rings. The van der Waals surface area contributed by atoms with Crippen LogP contribution >= 0.6 is 11.3 Å². The van der Waals surface area contributed by atoms with Gasteiger partial charge < -0.3 is 25.2 Å². The van der Waals surface area contributed by atoms with Crippen molar-refractivity contribution in [3.8, 4) is 11.1 Å². The summed E-state index contributed by atoms with van der Waals surface area (Å²) in [5.74, 6) is -2.02. The van der Waals surface area contributed by atoms with E-state index in [0.717, 1.165) is 27.1 Å². The average Bonchev–Trinajstić information content (AvgIpc) is 3.48. The smallest absolute Gasteiger partial charge is 0.407 e. The quantitative estimate of drug-likeness (QED) is 0.395. The molecule has 2 amide bonds. The molecule has 0 aliphatic heterocycles. The number of aromatic nitrogens is 1. The highest BCUT2D eigenvalue weighted by Gasteiger charge is 2.31. The number of aliphatic carboxylic acids is 1. The first-order valence-corrected chi connectivity index (χ1v) is 11.9. The van der Waals surface area contributed by atoms with Gasteiger partial charge in [0.15, 0.2) is 6.04 Å². The van der Waals surface area contributed by atoms with E-state index in [2.05, 4.69) is 15.6 Å². The Morgan fingerprint density at radius 2 is 1.69 bits per heavy atom. The molecule has 182 valence electrons. The summed E-state index contributed by atoms with van der Waals surface area (Å²) in [6, 6.07) is 13.7. The third-order valence-electron chi connectivity index (χ3n) is 5.79. The zero-order valence-electron chi connectivity index (χ0n) is 19.0. The van der Waals surface area contributed by atoms with Crippen LogP contribution in [0, 0.1) is 0 Å².